The highest BCUT2D eigenvalue weighted by Gasteiger charge is 2.35. The van der Waals surface area contributed by atoms with Crippen LogP contribution in [0.15, 0.2) is 11.6 Å². The van der Waals surface area contributed by atoms with Crippen molar-refractivity contribution >= 4 is 17.4 Å². The second-order valence-corrected chi connectivity index (χ2v) is 3.78. The van der Waals surface area contributed by atoms with Gasteiger partial charge in [-0.05, 0) is 6.42 Å². The molecule has 2 rings (SSSR count). The summed E-state index contributed by atoms with van der Waals surface area (Å²) in [5, 5.41) is 5.50. The highest BCUT2D eigenvalue weighted by Crippen LogP contribution is 2.28. The summed E-state index contributed by atoms with van der Waals surface area (Å²) in [7, 11) is 0. The van der Waals surface area contributed by atoms with Crippen LogP contribution in [0, 0.1) is 0 Å². The topological polar surface area (TPSA) is 51.2 Å². The third kappa shape index (κ3) is 1.51. The minimum absolute atomic E-state index is 0.0682. The lowest BCUT2D eigenvalue weighted by Crippen LogP contribution is -2.26. The van der Waals surface area contributed by atoms with E-state index < -0.39 is 0 Å². The van der Waals surface area contributed by atoms with Crippen LogP contribution in [-0.2, 0) is 4.74 Å². The van der Waals surface area contributed by atoms with E-state index in [2.05, 4.69) is 10.3 Å². The van der Waals surface area contributed by atoms with Gasteiger partial charge in [-0.25, -0.2) is 9.78 Å². The number of hydrogen-bond acceptors (Lipinski definition) is 4. The Morgan fingerprint density at radius 3 is 3.23 bits per heavy atom. The Bertz CT molecular complexity index is 299. The Morgan fingerprint density at radius 1 is 1.77 bits per heavy atom. The van der Waals surface area contributed by atoms with Crippen molar-refractivity contribution in [3.05, 3.63) is 16.6 Å². The van der Waals surface area contributed by atoms with Gasteiger partial charge in [-0.15, -0.1) is 11.3 Å². The molecule has 1 aromatic rings. The summed E-state index contributed by atoms with van der Waals surface area (Å²) < 4.78 is 5.11. The molecule has 1 N–H and O–H groups in total. The molecular formula is C8H10N2O2S. The van der Waals surface area contributed by atoms with Crippen LogP contribution < -0.4 is 5.32 Å². The summed E-state index contributed by atoms with van der Waals surface area (Å²) in [6.45, 7) is 2.01. The molecule has 0 unspecified atom stereocenters. The summed E-state index contributed by atoms with van der Waals surface area (Å²) in [4.78, 5) is 15.1. The Morgan fingerprint density at radius 2 is 2.62 bits per heavy atom. The molecule has 2 atom stereocenters. The molecule has 2 heterocycles. The maximum absolute atomic E-state index is 11.0. The van der Waals surface area contributed by atoms with Crippen molar-refractivity contribution in [2.45, 2.75) is 25.5 Å². The number of carbonyl (C=O) groups excluding carboxylic acids is 1. The fourth-order valence-electron chi connectivity index (χ4n) is 1.37. The molecule has 1 aliphatic heterocycles. The maximum Gasteiger partial charge on any atom is 0.408 e. The Kier molecular flexibility index (Phi) is 2.18. The summed E-state index contributed by atoms with van der Waals surface area (Å²) in [5.74, 6) is 0. The SMILES string of the molecule is CC[C@@H]1NC(=O)O[C@H]1c1nccs1. The molecule has 1 amide bonds. The lowest BCUT2D eigenvalue weighted by atomic mass is 10.1. The van der Waals surface area contributed by atoms with Gasteiger partial charge in [-0.1, -0.05) is 6.92 Å². The number of nitrogens with one attached hydrogen (secondary N) is 1. The predicted molar refractivity (Wildman–Crippen MR) is 48.6 cm³/mol. The quantitative estimate of drug-likeness (QED) is 0.787. The average Bonchev–Trinajstić information content (AvgIpc) is 2.71. The molecule has 0 spiro atoms. The van der Waals surface area contributed by atoms with Crippen molar-refractivity contribution in [2.75, 3.05) is 0 Å². The van der Waals surface area contributed by atoms with Gasteiger partial charge in [-0.2, -0.15) is 0 Å². The third-order valence-corrected chi connectivity index (χ3v) is 2.87. The second kappa shape index (κ2) is 3.33. The lowest BCUT2D eigenvalue weighted by Gasteiger charge is -2.11. The van der Waals surface area contributed by atoms with Crippen LogP contribution in [0.3, 0.4) is 0 Å². The van der Waals surface area contributed by atoms with Gasteiger partial charge < -0.3 is 10.1 Å². The van der Waals surface area contributed by atoms with Crippen molar-refractivity contribution in [3.8, 4) is 0 Å². The van der Waals surface area contributed by atoms with Crippen LogP contribution in [0.1, 0.15) is 24.5 Å². The van der Waals surface area contributed by atoms with E-state index in [0.717, 1.165) is 11.4 Å². The van der Waals surface area contributed by atoms with Crippen LogP contribution in [0.2, 0.25) is 0 Å². The number of rotatable bonds is 2. The van der Waals surface area contributed by atoms with Crippen molar-refractivity contribution in [2.24, 2.45) is 0 Å². The van der Waals surface area contributed by atoms with Gasteiger partial charge in [0, 0.05) is 11.6 Å². The highest BCUT2D eigenvalue weighted by molar-refractivity contribution is 7.09. The van der Waals surface area contributed by atoms with Gasteiger partial charge >= 0.3 is 6.09 Å². The first-order valence-corrected chi connectivity index (χ1v) is 5.05. The first-order chi connectivity index (χ1) is 6.31. The Balaban J connectivity index is 2.19. The molecule has 1 aromatic heterocycles. The number of thiazole rings is 1. The molecular weight excluding hydrogens is 188 g/mol. The minimum Gasteiger partial charge on any atom is -0.437 e. The summed E-state index contributed by atoms with van der Waals surface area (Å²) >= 11 is 1.51. The van der Waals surface area contributed by atoms with E-state index >= 15 is 0 Å². The van der Waals surface area contributed by atoms with Crippen LogP contribution >= 0.6 is 11.3 Å². The van der Waals surface area contributed by atoms with E-state index in [9.17, 15) is 4.79 Å². The number of ether oxygens (including phenoxy) is 1. The van der Waals surface area contributed by atoms with E-state index in [4.69, 9.17) is 4.74 Å². The number of amides is 1. The van der Waals surface area contributed by atoms with Gasteiger partial charge in [0.05, 0.1) is 6.04 Å². The fourth-order valence-corrected chi connectivity index (χ4v) is 2.10. The van der Waals surface area contributed by atoms with Gasteiger partial charge in [0.1, 0.15) is 5.01 Å². The largest absolute Gasteiger partial charge is 0.437 e. The van der Waals surface area contributed by atoms with E-state index in [1.165, 1.54) is 11.3 Å². The second-order valence-electron chi connectivity index (χ2n) is 2.86. The third-order valence-electron chi connectivity index (χ3n) is 2.04. The molecule has 1 saturated heterocycles. The van der Waals surface area contributed by atoms with E-state index in [1.807, 2.05) is 12.3 Å². The zero-order chi connectivity index (χ0) is 9.26. The molecule has 0 aromatic carbocycles. The van der Waals surface area contributed by atoms with Crippen LogP contribution in [0.4, 0.5) is 4.79 Å². The number of aromatic nitrogens is 1. The molecule has 4 nitrogen and oxygen atoms in total. The van der Waals surface area contributed by atoms with Crippen molar-refractivity contribution in [1.82, 2.24) is 10.3 Å². The zero-order valence-electron chi connectivity index (χ0n) is 7.19. The summed E-state index contributed by atoms with van der Waals surface area (Å²) in [5.41, 5.74) is 0. The molecule has 13 heavy (non-hydrogen) atoms. The summed E-state index contributed by atoms with van der Waals surface area (Å²) in [6, 6.07) is 0.0682. The fraction of sp³-hybridized carbons (Fsp3) is 0.500. The molecule has 0 aliphatic carbocycles. The predicted octanol–water partition coefficient (Wildman–Crippen LogP) is 1.70. The first-order valence-electron chi connectivity index (χ1n) is 4.17. The highest BCUT2D eigenvalue weighted by atomic mass is 32.1. The number of alkyl carbamates (subject to hydrolysis) is 1. The Hall–Kier alpha value is -1.10. The smallest absolute Gasteiger partial charge is 0.408 e. The summed E-state index contributed by atoms with van der Waals surface area (Å²) in [6.07, 6.45) is 2.04. The van der Waals surface area contributed by atoms with Crippen molar-refractivity contribution in [1.29, 1.82) is 0 Å². The van der Waals surface area contributed by atoms with Gasteiger partial charge in [0.25, 0.3) is 0 Å². The average molecular weight is 198 g/mol. The Labute approximate surface area is 79.9 Å². The van der Waals surface area contributed by atoms with Crippen LogP contribution in [-0.4, -0.2) is 17.1 Å². The number of carbonyl (C=O) groups is 1. The monoisotopic (exact) mass is 198 g/mol. The normalized spacial score (nSPS) is 27.0. The van der Waals surface area contributed by atoms with Crippen LogP contribution in [0.5, 0.6) is 0 Å². The lowest BCUT2D eigenvalue weighted by molar-refractivity contribution is 0.131. The molecule has 0 bridgehead atoms. The standard InChI is InChI=1S/C8H10N2O2S/c1-2-5-6(12-8(11)10-5)7-9-3-4-13-7/h3-6H,2H2,1H3,(H,10,11)/t5-,6+/m0/s1. The molecule has 70 valence electrons. The molecule has 0 radical (unpaired) electrons. The van der Waals surface area contributed by atoms with E-state index in [1.54, 1.807) is 6.20 Å². The van der Waals surface area contributed by atoms with E-state index in [-0.39, 0.29) is 18.2 Å². The van der Waals surface area contributed by atoms with Gasteiger partial charge in [-0.3, -0.25) is 0 Å². The van der Waals surface area contributed by atoms with Crippen molar-refractivity contribution < 1.29 is 9.53 Å². The molecule has 1 fully saturated rings. The zero-order valence-corrected chi connectivity index (χ0v) is 8.00. The molecule has 5 heteroatoms. The number of hydrogen-bond donors (Lipinski definition) is 1. The van der Waals surface area contributed by atoms with E-state index in [0.29, 0.717) is 0 Å². The molecule has 1 aliphatic rings. The van der Waals surface area contributed by atoms with Gasteiger partial charge in [0.15, 0.2) is 6.10 Å². The van der Waals surface area contributed by atoms with Crippen LogP contribution in [0.25, 0.3) is 0 Å². The number of cyclic esters (lactones) is 1. The minimum atomic E-state index is -0.341. The maximum atomic E-state index is 11.0. The van der Waals surface area contributed by atoms with Gasteiger partial charge in [0.2, 0.25) is 0 Å². The van der Waals surface area contributed by atoms with Crippen molar-refractivity contribution in [3.63, 3.8) is 0 Å². The number of nitrogens with zero attached hydrogens (tertiary/aromatic N) is 1. The first kappa shape index (κ1) is 8.50. The molecule has 0 saturated carbocycles.